The first-order valence-electron chi connectivity index (χ1n) is 5.32. The number of rotatable bonds is 3. The standard InChI is InChI=1S/C12H9BrCl2N2O2S/c13-9-6-8(2-3-10(9)14)20(18,19)17-12-4-1-7(16)5-11(12)15/h1-6,17H,16H2. The molecule has 0 bridgehead atoms. The number of nitrogens with two attached hydrogens (primary N) is 1. The summed E-state index contributed by atoms with van der Waals surface area (Å²) in [5.74, 6) is 0. The van der Waals surface area contributed by atoms with Gasteiger partial charge < -0.3 is 5.73 Å². The Bertz CT molecular complexity index is 766. The summed E-state index contributed by atoms with van der Waals surface area (Å²) in [6.07, 6.45) is 0. The predicted molar refractivity (Wildman–Crippen MR) is 85.8 cm³/mol. The Morgan fingerprint density at radius 1 is 1.05 bits per heavy atom. The maximum absolute atomic E-state index is 12.2. The summed E-state index contributed by atoms with van der Waals surface area (Å²) >= 11 is 15.0. The van der Waals surface area contributed by atoms with Gasteiger partial charge in [-0.25, -0.2) is 8.42 Å². The summed E-state index contributed by atoms with van der Waals surface area (Å²) in [6.45, 7) is 0. The molecule has 2 aromatic carbocycles. The van der Waals surface area contributed by atoms with Gasteiger partial charge in [0.1, 0.15) is 0 Å². The first-order chi connectivity index (χ1) is 9.29. The first kappa shape index (κ1) is 15.4. The average molecular weight is 396 g/mol. The highest BCUT2D eigenvalue weighted by molar-refractivity contribution is 9.10. The molecule has 20 heavy (non-hydrogen) atoms. The van der Waals surface area contributed by atoms with Gasteiger partial charge in [-0.2, -0.15) is 0 Å². The van der Waals surface area contributed by atoms with Crippen molar-refractivity contribution >= 4 is 60.5 Å². The van der Waals surface area contributed by atoms with Gasteiger partial charge in [0.05, 0.1) is 20.6 Å². The van der Waals surface area contributed by atoms with E-state index in [-0.39, 0.29) is 15.6 Å². The molecule has 0 saturated carbocycles. The lowest BCUT2D eigenvalue weighted by molar-refractivity contribution is 0.601. The van der Waals surface area contributed by atoms with Crippen molar-refractivity contribution in [2.75, 3.05) is 10.5 Å². The fourth-order valence-corrected chi connectivity index (χ4v) is 3.51. The van der Waals surface area contributed by atoms with Crippen molar-refractivity contribution in [2.45, 2.75) is 4.90 Å². The quantitative estimate of drug-likeness (QED) is 0.767. The zero-order valence-electron chi connectivity index (χ0n) is 9.90. The van der Waals surface area contributed by atoms with E-state index in [9.17, 15) is 8.42 Å². The topological polar surface area (TPSA) is 72.2 Å². The minimum atomic E-state index is -3.75. The summed E-state index contributed by atoms with van der Waals surface area (Å²) in [7, 11) is -3.75. The van der Waals surface area contributed by atoms with Crippen molar-refractivity contribution in [1.82, 2.24) is 0 Å². The van der Waals surface area contributed by atoms with Crippen LogP contribution in [0.25, 0.3) is 0 Å². The molecule has 2 aromatic rings. The Morgan fingerprint density at radius 3 is 2.35 bits per heavy atom. The van der Waals surface area contributed by atoms with E-state index in [2.05, 4.69) is 20.7 Å². The number of hydrogen-bond acceptors (Lipinski definition) is 3. The third kappa shape index (κ3) is 3.38. The maximum atomic E-state index is 12.2. The molecule has 0 amide bonds. The van der Waals surface area contributed by atoms with Crippen LogP contribution in [-0.4, -0.2) is 8.42 Å². The summed E-state index contributed by atoms with van der Waals surface area (Å²) in [5.41, 5.74) is 6.26. The SMILES string of the molecule is Nc1ccc(NS(=O)(=O)c2ccc(Cl)c(Br)c2)c(Cl)c1. The average Bonchev–Trinajstić information content (AvgIpc) is 2.36. The Hall–Kier alpha value is -0.950. The monoisotopic (exact) mass is 394 g/mol. The highest BCUT2D eigenvalue weighted by atomic mass is 79.9. The lowest BCUT2D eigenvalue weighted by Crippen LogP contribution is -2.13. The molecular formula is C12H9BrCl2N2O2S. The molecule has 0 aromatic heterocycles. The Balaban J connectivity index is 2.38. The van der Waals surface area contributed by atoms with Crippen LogP contribution in [-0.2, 0) is 10.0 Å². The molecule has 0 heterocycles. The molecule has 2 rings (SSSR count). The van der Waals surface area contributed by atoms with Gasteiger partial charge in [0.2, 0.25) is 0 Å². The van der Waals surface area contributed by atoms with Crippen molar-refractivity contribution in [2.24, 2.45) is 0 Å². The van der Waals surface area contributed by atoms with Gasteiger partial charge in [-0.05, 0) is 52.3 Å². The normalized spacial score (nSPS) is 11.3. The van der Waals surface area contributed by atoms with Gasteiger partial charge in [0, 0.05) is 10.2 Å². The molecule has 3 N–H and O–H groups in total. The Labute approximate surface area is 135 Å². The van der Waals surface area contributed by atoms with Gasteiger partial charge >= 0.3 is 0 Å². The second-order valence-corrected chi connectivity index (χ2v) is 7.27. The molecule has 0 unspecified atom stereocenters. The lowest BCUT2D eigenvalue weighted by Gasteiger charge is -2.10. The molecule has 0 aliphatic carbocycles. The van der Waals surface area contributed by atoms with Crippen molar-refractivity contribution in [1.29, 1.82) is 0 Å². The van der Waals surface area contributed by atoms with Gasteiger partial charge in [-0.3, -0.25) is 4.72 Å². The second kappa shape index (κ2) is 5.81. The molecule has 0 radical (unpaired) electrons. The van der Waals surface area contributed by atoms with Crippen LogP contribution in [0.3, 0.4) is 0 Å². The van der Waals surface area contributed by atoms with Crippen LogP contribution in [0.2, 0.25) is 10.0 Å². The first-order valence-corrected chi connectivity index (χ1v) is 8.36. The van der Waals surface area contributed by atoms with Crippen LogP contribution in [0, 0.1) is 0 Å². The van der Waals surface area contributed by atoms with Gasteiger partial charge in [-0.1, -0.05) is 23.2 Å². The molecular weight excluding hydrogens is 387 g/mol. The lowest BCUT2D eigenvalue weighted by atomic mass is 10.3. The van der Waals surface area contributed by atoms with E-state index in [0.717, 1.165) is 0 Å². The molecule has 106 valence electrons. The largest absolute Gasteiger partial charge is 0.399 e. The van der Waals surface area contributed by atoms with Gasteiger partial charge in [0.25, 0.3) is 10.0 Å². The van der Waals surface area contributed by atoms with E-state index in [0.29, 0.717) is 15.2 Å². The van der Waals surface area contributed by atoms with Crippen LogP contribution in [0.1, 0.15) is 0 Å². The van der Waals surface area contributed by atoms with Crippen molar-refractivity contribution in [3.8, 4) is 0 Å². The number of hydrogen-bond donors (Lipinski definition) is 2. The second-order valence-electron chi connectivity index (χ2n) is 3.92. The molecule has 8 heteroatoms. The van der Waals surface area contributed by atoms with E-state index < -0.39 is 10.0 Å². The molecule has 0 aliphatic rings. The number of nitrogen functional groups attached to an aromatic ring is 1. The van der Waals surface area contributed by atoms with Crippen LogP contribution >= 0.6 is 39.1 Å². The van der Waals surface area contributed by atoms with E-state index in [1.165, 1.54) is 30.3 Å². The fourth-order valence-electron chi connectivity index (χ4n) is 1.46. The van der Waals surface area contributed by atoms with Crippen LogP contribution < -0.4 is 10.5 Å². The summed E-state index contributed by atoms with van der Waals surface area (Å²) < 4.78 is 27.4. The molecule has 0 saturated heterocycles. The Morgan fingerprint density at radius 2 is 1.75 bits per heavy atom. The number of benzene rings is 2. The van der Waals surface area contributed by atoms with E-state index >= 15 is 0 Å². The number of halogens is 3. The fraction of sp³-hybridized carbons (Fsp3) is 0. The molecule has 0 spiro atoms. The van der Waals surface area contributed by atoms with Crippen molar-refractivity contribution < 1.29 is 8.42 Å². The summed E-state index contributed by atoms with van der Waals surface area (Å²) in [4.78, 5) is 0.0710. The van der Waals surface area contributed by atoms with Gasteiger partial charge in [-0.15, -0.1) is 0 Å². The van der Waals surface area contributed by atoms with Crippen molar-refractivity contribution in [3.63, 3.8) is 0 Å². The zero-order chi connectivity index (χ0) is 14.9. The van der Waals surface area contributed by atoms with E-state index in [1.54, 1.807) is 6.07 Å². The van der Waals surface area contributed by atoms with Crippen LogP contribution in [0.5, 0.6) is 0 Å². The number of nitrogens with one attached hydrogen (secondary N) is 1. The highest BCUT2D eigenvalue weighted by Crippen LogP contribution is 2.29. The van der Waals surface area contributed by atoms with Crippen molar-refractivity contribution in [3.05, 3.63) is 50.9 Å². The summed E-state index contributed by atoms with van der Waals surface area (Å²) in [5, 5.41) is 0.649. The van der Waals surface area contributed by atoms with Gasteiger partial charge in [0.15, 0.2) is 0 Å². The molecule has 4 nitrogen and oxygen atoms in total. The third-order valence-electron chi connectivity index (χ3n) is 2.44. The third-order valence-corrected chi connectivity index (χ3v) is 5.33. The van der Waals surface area contributed by atoms with E-state index in [1.807, 2.05) is 0 Å². The smallest absolute Gasteiger partial charge is 0.261 e. The molecule has 0 atom stereocenters. The highest BCUT2D eigenvalue weighted by Gasteiger charge is 2.17. The number of sulfonamides is 1. The maximum Gasteiger partial charge on any atom is 0.261 e. The Kier molecular flexibility index (Phi) is 4.49. The van der Waals surface area contributed by atoms with E-state index in [4.69, 9.17) is 28.9 Å². The van der Waals surface area contributed by atoms with Crippen LogP contribution in [0.15, 0.2) is 45.8 Å². The molecule has 0 aliphatic heterocycles. The minimum absolute atomic E-state index is 0.0710. The zero-order valence-corrected chi connectivity index (χ0v) is 13.8. The molecule has 0 fully saturated rings. The van der Waals surface area contributed by atoms with Crippen LogP contribution in [0.4, 0.5) is 11.4 Å². The number of anilines is 2. The summed E-state index contributed by atoms with van der Waals surface area (Å²) in [6, 6.07) is 8.83. The predicted octanol–water partition coefficient (Wildman–Crippen LogP) is 4.14. The minimum Gasteiger partial charge on any atom is -0.399 e.